The normalized spacial score (nSPS) is 17.8. The summed E-state index contributed by atoms with van der Waals surface area (Å²) >= 11 is 0. The van der Waals surface area contributed by atoms with Gasteiger partial charge in [0.05, 0.1) is 11.4 Å². The smallest absolute Gasteiger partial charge is 0.243 e. The maximum absolute atomic E-state index is 12.5. The van der Waals surface area contributed by atoms with Crippen molar-refractivity contribution in [3.05, 3.63) is 30.3 Å². The lowest BCUT2D eigenvalue weighted by atomic mass is 10.4. The summed E-state index contributed by atoms with van der Waals surface area (Å²) in [6, 6.07) is 8.36. The van der Waals surface area contributed by atoms with Crippen molar-refractivity contribution in [2.75, 3.05) is 32.7 Å². The summed E-state index contributed by atoms with van der Waals surface area (Å²) in [6.45, 7) is 1.64. The van der Waals surface area contributed by atoms with Crippen LogP contribution in [0.1, 0.15) is 6.42 Å². The molecule has 0 unspecified atom stereocenters. The SMILES string of the molecule is NCC(=O)N1CCCN(S(=O)(=O)c2ccccc2)CC1. The third-order valence-electron chi connectivity index (χ3n) is 3.36. The van der Waals surface area contributed by atoms with Crippen LogP contribution in [0.15, 0.2) is 35.2 Å². The Labute approximate surface area is 119 Å². The Morgan fingerprint density at radius 1 is 1.10 bits per heavy atom. The van der Waals surface area contributed by atoms with Crippen LogP contribution in [0.2, 0.25) is 0 Å². The van der Waals surface area contributed by atoms with E-state index in [1.165, 1.54) is 4.31 Å². The number of benzene rings is 1. The lowest BCUT2D eigenvalue weighted by molar-refractivity contribution is -0.129. The monoisotopic (exact) mass is 297 g/mol. The molecule has 20 heavy (non-hydrogen) atoms. The molecule has 0 aromatic heterocycles. The third-order valence-corrected chi connectivity index (χ3v) is 5.28. The van der Waals surface area contributed by atoms with Crippen LogP contribution in [0, 0.1) is 0 Å². The van der Waals surface area contributed by atoms with E-state index in [1.807, 2.05) is 0 Å². The van der Waals surface area contributed by atoms with Gasteiger partial charge in [-0.2, -0.15) is 4.31 Å². The first-order valence-electron chi connectivity index (χ1n) is 6.59. The van der Waals surface area contributed by atoms with Gasteiger partial charge in [-0.15, -0.1) is 0 Å². The second-order valence-corrected chi connectivity index (χ2v) is 6.59. The number of hydrogen-bond donors (Lipinski definition) is 1. The molecule has 1 aliphatic rings. The molecule has 6 nitrogen and oxygen atoms in total. The first-order valence-corrected chi connectivity index (χ1v) is 8.03. The van der Waals surface area contributed by atoms with E-state index >= 15 is 0 Å². The highest BCUT2D eigenvalue weighted by Crippen LogP contribution is 2.17. The average molecular weight is 297 g/mol. The van der Waals surface area contributed by atoms with Crippen LogP contribution >= 0.6 is 0 Å². The van der Waals surface area contributed by atoms with Crippen LogP contribution in [-0.2, 0) is 14.8 Å². The molecule has 1 saturated heterocycles. The topological polar surface area (TPSA) is 83.7 Å². The second kappa shape index (κ2) is 6.34. The van der Waals surface area contributed by atoms with E-state index in [0.29, 0.717) is 37.5 Å². The predicted octanol–water partition coefficient (Wildman–Crippen LogP) is -0.132. The van der Waals surface area contributed by atoms with E-state index in [9.17, 15) is 13.2 Å². The third kappa shape index (κ3) is 3.17. The summed E-state index contributed by atoms with van der Waals surface area (Å²) in [4.78, 5) is 13.5. The Morgan fingerprint density at radius 2 is 1.80 bits per heavy atom. The molecule has 2 rings (SSSR count). The molecule has 0 aliphatic carbocycles. The highest BCUT2D eigenvalue weighted by molar-refractivity contribution is 7.89. The first-order chi connectivity index (χ1) is 9.55. The van der Waals surface area contributed by atoms with Crippen molar-refractivity contribution in [2.24, 2.45) is 5.73 Å². The van der Waals surface area contributed by atoms with Crippen LogP contribution in [-0.4, -0.2) is 56.3 Å². The predicted molar refractivity (Wildman–Crippen MR) is 75.5 cm³/mol. The van der Waals surface area contributed by atoms with Crippen molar-refractivity contribution >= 4 is 15.9 Å². The molecule has 0 spiro atoms. The maximum atomic E-state index is 12.5. The molecule has 110 valence electrons. The zero-order chi connectivity index (χ0) is 14.6. The molecule has 1 fully saturated rings. The van der Waals surface area contributed by atoms with Gasteiger partial charge < -0.3 is 10.6 Å². The van der Waals surface area contributed by atoms with Crippen molar-refractivity contribution in [3.63, 3.8) is 0 Å². The average Bonchev–Trinajstić information content (AvgIpc) is 2.73. The summed E-state index contributed by atoms with van der Waals surface area (Å²) in [5, 5.41) is 0. The summed E-state index contributed by atoms with van der Waals surface area (Å²) in [6.07, 6.45) is 0.623. The fourth-order valence-electron chi connectivity index (χ4n) is 2.25. The number of nitrogens with zero attached hydrogens (tertiary/aromatic N) is 2. The van der Waals surface area contributed by atoms with E-state index < -0.39 is 10.0 Å². The zero-order valence-corrected chi connectivity index (χ0v) is 12.1. The van der Waals surface area contributed by atoms with Crippen LogP contribution < -0.4 is 5.73 Å². The van der Waals surface area contributed by atoms with Gasteiger partial charge in [-0.25, -0.2) is 8.42 Å². The van der Waals surface area contributed by atoms with Crippen molar-refractivity contribution in [1.29, 1.82) is 0 Å². The number of hydrogen-bond acceptors (Lipinski definition) is 4. The van der Waals surface area contributed by atoms with Crippen LogP contribution in [0.3, 0.4) is 0 Å². The lowest BCUT2D eigenvalue weighted by Gasteiger charge is -2.21. The number of rotatable bonds is 3. The van der Waals surface area contributed by atoms with Crippen LogP contribution in [0.25, 0.3) is 0 Å². The van der Waals surface area contributed by atoms with Gasteiger partial charge in [0, 0.05) is 26.2 Å². The molecule has 0 radical (unpaired) electrons. The standard InChI is InChI=1S/C13H19N3O3S/c14-11-13(17)15-7-4-8-16(10-9-15)20(18,19)12-5-2-1-3-6-12/h1-3,5-6H,4,7-11,14H2. The second-order valence-electron chi connectivity index (χ2n) is 4.66. The summed E-state index contributed by atoms with van der Waals surface area (Å²) < 4.78 is 26.4. The molecule has 0 saturated carbocycles. The Balaban J connectivity index is 2.13. The number of carbonyl (C=O) groups is 1. The Bertz CT molecular complexity index is 559. The Morgan fingerprint density at radius 3 is 2.45 bits per heavy atom. The summed E-state index contributed by atoms with van der Waals surface area (Å²) in [7, 11) is -3.48. The van der Waals surface area contributed by atoms with Crippen molar-refractivity contribution in [1.82, 2.24) is 9.21 Å². The maximum Gasteiger partial charge on any atom is 0.243 e. The minimum Gasteiger partial charge on any atom is -0.340 e. The van der Waals surface area contributed by atoms with Gasteiger partial charge in [-0.1, -0.05) is 18.2 Å². The van der Waals surface area contributed by atoms with E-state index in [1.54, 1.807) is 35.2 Å². The Hall–Kier alpha value is -1.44. The van der Waals surface area contributed by atoms with Crippen molar-refractivity contribution in [3.8, 4) is 0 Å². The van der Waals surface area contributed by atoms with E-state index in [-0.39, 0.29) is 12.5 Å². The molecule has 1 aromatic rings. The van der Waals surface area contributed by atoms with E-state index in [0.717, 1.165) is 0 Å². The molecule has 7 heteroatoms. The molecule has 1 heterocycles. The van der Waals surface area contributed by atoms with Gasteiger partial charge in [-0.3, -0.25) is 4.79 Å². The van der Waals surface area contributed by atoms with Gasteiger partial charge in [0.2, 0.25) is 15.9 Å². The number of amides is 1. The molecule has 1 aliphatic heterocycles. The van der Waals surface area contributed by atoms with E-state index in [4.69, 9.17) is 5.73 Å². The molecule has 1 amide bonds. The molecule has 0 bridgehead atoms. The fraction of sp³-hybridized carbons (Fsp3) is 0.462. The number of nitrogens with two attached hydrogens (primary N) is 1. The highest BCUT2D eigenvalue weighted by Gasteiger charge is 2.27. The van der Waals surface area contributed by atoms with Crippen molar-refractivity contribution in [2.45, 2.75) is 11.3 Å². The fourth-order valence-corrected chi connectivity index (χ4v) is 3.74. The minimum absolute atomic E-state index is 0.0363. The van der Waals surface area contributed by atoms with Crippen LogP contribution in [0.4, 0.5) is 0 Å². The molecule has 2 N–H and O–H groups in total. The highest BCUT2D eigenvalue weighted by atomic mass is 32.2. The van der Waals surface area contributed by atoms with Gasteiger partial charge in [0.25, 0.3) is 0 Å². The van der Waals surface area contributed by atoms with Gasteiger partial charge in [-0.05, 0) is 18.6 Å². The summed E-state index contributed by atoms with van der Waals surface area (Å²) in [5.41, 5.74) is 5.34. The lowest BCUT2D eigenvalue weighted by Crippen LogP contribution is -2.39. The molecular weight excluding hydrogens is 278 g/mol. The first kappa shape index (κ1) is 15.0. The number of sulfonamides is 1. The van der Waals surface area contributed by atoms with Gasteiger partial charge in [0.15, 0.2) is 0 Å². The zero-order valence-electron chi connectivity index (χ0n) is 11.2. The largest absolute Gasteiger partial charge is 0.340 e. The van der Waals surface area contributed by atoms with Gasteiger partial charge >= 0.3 is 0 Å². The minimum atomic E-state index is -3.48. The van der Waals surface area contributed by atoms with Crippen LogP contribution in [0.5, 0.6) is 0 Å². The molecule has 0 atom stereocenters. The van der Waals surface area contributed by atoms with Crippen molar-refractivity contribution < 1.29 is 13.2 Å². The quantitative estimate of drug-likeness (QED) is 0.842. The Kier molecular flexibility index (Phi) is 4.74. The molecular formula is C13H19N3O3S. The van der Waals surface area contributed by atoms with Gasteiger partial charge in [0.1, 0.15) is 0 Å². The molecule has 1 aromatic carbocycles. The summed E-state index contributed by atoms with van der Waals surface area (Å²) in [5.74, 6) is -0.135. The number of carbonyl (C=O) groups excluding carboxylic acids is 1. The van der Waals surface area contributed by atoms with E-state index in [2.05, 4.69) is 0 Å².